The molecule has 5 nitrogen and oxygen atoms in total. The van der Waals surface area contributed by atoms with Crippen LogP contribution in [0.5, 0.6) is 0 Å². The average molecular weight is 258 g/mol. The Balaban J connectivity index is 4.81. The van der Waals surface area contributed by atoms with E-state index in [4.69, 9.17) is 0 Å². The maximum Gasteiger partial charge on any atom is 0.329 e. The van der Waals surface area contributed by atoms with Crippen LogP contribution in [-0.2, 0) is 4.79 Å². The van der Waals surface area contributed by atoms with E-state index in [1.807, 2.05) is 27.7 Å². The highest BCUT2D eigenvalue weighted by Gasteiger charge is 2.35. The van der Waals surface area contributed by atoms with Gasteiger partial charge in [0, 0.05) is 12.6 Å². The summed E-state index contributed by atoms with van der Waals surface area (Å²) in [6, 6.07) is -0.241. The Labute approximate surface area is 110 Å². The maximum atomic E-state index is 12.1. The fraction of sp³-hybridized carbons (Fsp3) is 0.846. The van der Waals surface area contributed by atoms with Crippen LogP contribution in [0.15, 0.2) is 0 Å². The van der Waals surface area contributed by atoms with Crippen LogP contribution in [0.2, 0.25) is 0 Å². The van der Waals surface area contributed by atoms with Crippen molar-refractivity contribution in [3.05, 3.63) is 0 Å². The lowest BCUT2D eigenvalue weighted by Crippen LogP contribution is -2.57. The normalized spacial score (nSPS) is 14.1. The van der Waals surface area contributed by atoms with Crippen LogP contribution in [0.3, 0.4) is 0 Å². The molecular formula is C13H26N2O3. The molecule has 2 N–H and O–H groups in total. The molecule has 0 bridgehead atoms. The fourth-order valence-electron chi connectivity index (χ4n) is 1.87. The van der Waals surface area contributed by atoms with Crippen LogP contribution in [0.1, 0.15) is 53.9 Å². The van der Waals surface area contributed by atoms with E-state index in [-0.39, 0.29) is 12.1 Å². The summed E-state index contributed by atoms with van der Waals surface area (Å²) >= 11 is 0. The Hall–Kier alpha value is -1.26. The molecule has 0 spiro atoms. The SMILES string of the molecule is CCCN(C(=O)NC(C)(CCC)C(=O)O)C(C)C. The van der Waals surface area contributed by atoms with Gasteiger partial charge in [0.2, 0.25) is 0 Å². The largest absolute Gasteiger partial charge is 0.480 e. The molecule has 0 rings (SSSR count). The molecule has 0 aromatic rings. The summed E-state index contributed by atoms with van der Waals surface area (Å²) in [5, 5.41) is 11.9. The minimum Gasteiger partial charge on any atom is -0.480 e. The quantitative estimate of drug-likeness (QED) is 0.737. The standard InChI is InChI=1S/C13H26N2O3/c1-6-8-13(5,11(16)17)14-12(18)15(9-7-2)10(3)4/h10H,6-9H2,1-5H3,(H,14,18)(H,16,17). The lowest BCUT2D eigenvalue weighted by Gasteiger charge is -2.32. The second kappa shape index (κ2) is 7.24. The molecule has 0 heterocycles. The zero-order valence-electron chi connectivity index (χ0n) is 12.1. The van der Waals surface area contributed by atoms with Gasteiger partial charge in [0.25, 0.3) is 0 Å². The van der Waals surface area contributed by atoms with Gasteiger partial charge in [0.1, 0.15) is 5.54 Å². The number of aliphatic carboxylic acids is 1. The minimum absolute atomic E-state index is 0.0598. The summed E-state index contributed by atoms with van der Waals surface area (Å²) in [5.74, 6) is -0.988. The summed E-state index contributed by atoms with van der Waals surface area (Å²) < 4.78 is 0. The van der Waals surface area contributed by atoms with Crippen LogP contribution in [-0.4, -0.2) is 40.1 Å². The first kappa shape index (κ1) is 16.7. The average Bonchev–Trinajstić information content (AvgIpc) is 2.25. The van der Waals surface area contributed by atoms with Crippen LogP contribution in [0, 0.1) is 0 Å². The Morgan fingerprint density at radius 1 is 1.28 bits per heavy atom. The Morgan fingerprint density at radius 3 is 2.17 bits per heavy atom. The van der Waals surface area contributed by atoms with Gasteiger partial charge in [-0.25, -0.2) is 9.59 Å². The summed E-state index contributed by atoms with van der Waals surface area (Å²) in [5.41, 5.74) is -1.19. The number of carboxylic acids is 1. The number of nitrogens with zero attached hydrogens (tertiary/aromatic N) is 1. The predicted molar refractivity (Wildman–Crippen MR) is 71.6 cm³/mol. The van der Waals surface area contributed by atoms with Gasteiger partial charge >= 0.3 is 12.0 Å². The topological polar surface area (TPSA) is 69.6 Å². The van der Waals surface area contributed by atoms with E-state index in [9.17, 15) is 14.7 Å². The third-order valence-electron chi connectivity index (χ3n) is 2.95. The molecule has 0 aliphatic carbocycles. The molecule has 0 aromatic carbocycles. The van der Waals surface area contributed by atoms with Gasteiger partial charge in [-0.2, -0.15) is 0 Å². The molecule has 0 fully saturated rings. The molecule has 0 aromatic heterocycles. The van der Waals surface area contributed by atoms with Crippen LogP contribution in [0.4, 0.5) is 4.79 Å². The van der Waals surface area contributed by atoms with Gasteiger partial charge in [0.15, 0.2) is 0 Å². The zero-order valence-corrected chi connectivity index (χ0v) is 12.1. The molecule has 0 aliphatic rings. The van der Waals surface area contributed by atoms with E-state index < -0.39 is 11.5 Å². The van der Waals surface area contributed by atoms with Crippen molar-refractivity contribution in [1.82, 2.24) is 10.2 Å². The number of carboxylic acid groups (broad SMARTS) is 1. The van der Waals surface area contributed by atoms with E-state index in [1.54, 1.807) is 11.8 Å². The van der Waals surface area contributed by atoms with Crippen molar-refractivity contribution >= 4 is 12.0 Å². The Bertz CT molecular complexity index is 292. The van der Waals surface area contributed by atoms with Crippen LogP contribution in [0.25, 0.3) is 0 Å². The highest BCUT2D eigenvalue weighted by Crippen LogP contribution is 2.14. The first-order valence-electron chi connectivity index (χ1n) is 6.60. The number of hydrogen-bond acceptors (Lipinski definition) is 2. The van der Waals surface area contributed by atoms with Crippen molar-refractivity contribution < 1.29 is 14.7 Å². The number of carbonyl (C=O) groups is 2. The highest BCUT2D eigenvalue weighted by molar-refractivity contribution is 5.86. The molecule has 0 saturated heterocycles. The smallest absolute Gasteiger partial charge is 0.329 e. The van der Waals surface area contributed by atoms with Crippen LogP contribution >= 0.6 is 0 Å². The second-order valence-electron chi connectivity index (χ2n) is 5.10. The molecule has 0 radical (unpaired) electrons. The van der Waals surface area contributed by atoms with Crippen molar-refractivity contribution in [2.45, 2.75) is 65.5 Å². The third-order valence-corrected chi connectivity index (χ3v) is 2.95. The molecule has 1 unspecified atom stereocenters. The Morgan fingerprint density at radius 2 is 1.83 bits per heavy atom. The van der Waals surface area contributed by atoms with E-state index in [0.717, 1.165) is 6.42 Å². The molecule has 0 saturated carbocycles. The molecule has 5 heteroatoms. The number of nitrogens with one attached hydrogen (secondary N) is 1. The molecular weight excluding hydrogens is 232 g/mol. The third kappa shape index (κ3) is 4.55. The lowest BCUT2D eigenvalue weighted by molar-refractivity contribution is -0.144. The number of rotatable bonds is 7. The highest BCUT2D eigenvalue weighted by atomic mass is 16.4. The molecule has 0 aliphatic heterocycles. The second-order valence-corrected chi connectivity index (χ2v) is 5.10. The predicted octanol–water partition coefficient (Wildman–Crippen LogP) is 2.46. The van der Waals surface area contributed by atoms with Crippen molar-refractivity contribution in [2.24, 2.45) is 0 Å². The van der Waals surface area contributed by atoms with Gasteiger partial charge in [-0.1, -0.05) is 20.3 Å². The van der Waals surface area contributed by atoms with Gasteiger partial charge in [-0.3, -0.25) is 0 Å². The molecule has 1 atom stereocenters. The number of hydrogen-bond donors (Lipinski definition) is 2. The number of amides is 2. The molecule has 18 heavy (non-hydrogen) atoms. The number of urea groups is 1. The number of carbonyl (C=O) groups excluding carboxylic acids is 1. The lowest BCUT2D eigenvalue weighted by atomic mass is 9.96. The summed E-state index contributed by atoms with van der Waals surface area (Å²) in [6.07, 6.45) is 1.98. The van der Waals surface area contributed by atoms with Crippen molar-refractivity contribution in [3.8, 4) is 0 Å². The summed E-state index contributed by atoms with van der Waals surface area (Å²) in [6.45, 7) is 9.93. The van der Waals surface area contributed by atoms with Crippen molar-refractivity contribution in [2.75, 3.05) is 6.54 Å². The zero-order chi connectivity index (χ0) is 14.3. The summed E-state index contributed by atoms with van der Waals surface area (Å²) in [4.78, 5) is 25.0. The molecule has 2 amide bonds. The summed E-state index contributed by atoms with van der Waals surface area (Å²) in [7, 11) is 0. The van der Waals surface area contributed by atoms with Crippen molar-refractivity contribution in [1.29, 1.82) is 0 Å². The van der Waals surface area contributed by atoms with Gasteiger partial charge in [-0.15, -0.1) is 0 Å². The maximum absolute atomic E-state index is 12.1. The van der Waals surface area contributed by atoms with Gasteiger partial charge in [0.05, 0.1) is 0 Å². The molecule has 106 valence electrons. The first-order chi connectivity index (χ1) is 8.28. The Kier molecular flexibility index (Phi) is 6.73. The first-order valence-corrected chi connectivity index (χ1v) is 6.60. The van der Waals surface area contributed by atoms with Gasteiger partial charge in [-0.05, 0) is 33.6 Å². The minimum atomic E-state index is -1.19. The van der Waals surface area contributed by atoms with Crippen LogP contribution < -0.4 is 5.32 Å². The monoisotopic (exact) mass is 258 g/mol. The van der Waals surface area contributed by atoms with E-state index in [0.29, 0.717) is 19.4 Å². The van der Waals surface area contributed by atoms with E-state index in [1.165, 1.54) is 0 Å². The van der Waals surface area contributed by atoms with Crippen molar-refractivity contribution in [3.63, 3.8) is 0 Å². The van der Waals surface area contributed by atoms with E-state index >= 15 is 0 Å². The fourth-order valence-corrected chi connectivity index (χ4v) is 1.87. The van der Waals surface area contributed by atoms with E-state index in [2.05, 4.69) is 5.32 Å². The van der Waals surface area contributed by atoms with Gasteiger partial charge < -0.3 is 15.3 Å².